The van der Waals surface area contributed by atoms with Crippen LogP contribution in [0.4, 0.5) is 4.39 Å². The molecule has 1 unspecified atom stereocenters. The third-order valence-electron chi connectivity index (χ3n) is 3.63. The van der Waals surface area contributed by atoms with Crippen molar-refractivity contribution >= 4 is 17.7 Å². The number of carbonyl (C=O) groups is 1. The molecule has 0 aliphatic heterocycles. The summed E-state index contributed by atoms with van der Waals surface area (Å²) in [7, 11) is 0. The monoisotopic (exact) mass is 349 g/mol. The van der Waals surface area contributed by atoms with Crippen LogP contribution in [-0.4, -0.2) is 27.7 Å². The van der Waals surface area contributed by atoms with Gasteiger partial charge in [0.1, 0.15) is 5.82 Å². The molecule has 2 aromatic rings. The van der Waals surface area contributed by atoms with Crippen molar-refractivity contribution in [2.24, 2.45) is 5.92 Å². The van der Waals surface area contributed by atoms with Gasteiger partial charge in [-0.15, -0.1) is 0 Å². The zero-order chi connectivity index (χ0) is 17.5. The number of thioether (sulfide) groups is 1. The van der Waals surface area contributed by atoms with Crippen LogP contribution in [-0.2, 0) is 4.79 Å². The van der Waals surface area contributed by atoms with E-state index in [1.54, 1.807) is 18.3 Å². The third-order valence-corrected chi connectivity index (χ3v) is 4.52. The molecular weight excluding hydrogens is 325 g/mol. The number of H-pyrrole nitrogens is 1. The Labute approximate surface area is 146 Å². The Morgan fingerprint density at radius 3 is 2.62 bits per heavy atom. The summed E-state index contributed by atoms with van der Waals surface area (Å²) in [4.78, 5) is 19.4. The van der Waals surface area contributed by atoms with Gasteiger partial charge in [0, 0.05) is 6.04 Å². The average Bonchev–Trinajstić information content (AvgIpc) is 3.00. The van der Waals surface area contributed by atoms with E-state index in [9.17, 15) is 9.18 Å². The Morgan fingerprint density at radius 1 is 1.25 bits per heavy atom. The second-order valence-electron chi connectivity index (χ2n) is 6.34. The summed E-state index contributed by atoms with van der Waals surface area (Å²) in [5, 5.41) is 3.69. The van der Waals surface area contributed by atoms with Crippen LogP contribution in [0.25, 0.3) is 11.3 Å². The molecule has 1 amide bonds. The van der Waals surface area contributed by atoms with E-state index in [-0.39, 0.29) is 17.8 Å². The van der Waals surface area contributed by atoms with Gasteiger partial charge in [0.05, 0.1) is 17.6 Å². The molecule has 0 spiro atoms. The zero-order valence-electron chi connectivity index (χ0n) is 14.3. The maximum atomic E-state index is 12.9. The molecule has 0 bridgehead atoms. The SMILES string of the molecule is CC(C)CCC(C)NC(=O)CSc1ncc(-c2ccc(F)cc2)[nH]1. The van der Waals surface area contributed by atoms with Crippen LogP contribution in [0.15, 0.2) is 35.6 Å². The van der Waals surface area contributed by atoms with E-state index in [1.807, 2.05) is 6.92 Å². The standard InChI is InChI=1S/C18H24FN3OS/c1-12(2)4-5-13(3)21-17(23)11-24-18-20-10-16(22-18)14-6-8-15(19)9-7-14/h6-10,12-13H,4-5,11H2,1-3H3,(H,20,22)(H,21,23). The first-order valence-electron chi connectivity index (χ1n) is 8.17. The Hall–Kier alpha value is -1.82. The number of aromatic nitrogens is 2. The molecule has 6 heteroatoms. The van der Waals surface area contributed by atoms with E-state index >= 15 is 0 Å². The van der Waals surface area contributed by atoms with Crippen molar-refractivity contribution in [3.8, 4) is 11.3 Å². The average molecular weight is 349 g/mol. The molecule has 1 aromatic heterocycles. The number of aromatic amines is 1. The lowest BCUT2D eigenvalue weighted by Crippen LogP contribution is -2.34. The molecule has 0 saturated carbocycles. The molecule has 0 radical (unpaired) electrons. The Kier molecular flexibility index (Phi) is 6.85. The first-order valence-corrected chi connectivity index (χ1v) is 9.15. The molecule has 24 heavy (non-hydrogen) atoms. The number of hydrogen-bond donors (Lipinski definition) is 2. The largest absolute Gasteiger partial charge is 0.353 e. The number of hydrogen-bond acceptors (Lipinski definition) is 3. The van der Waals surface area contributed by atoms with Crippen LogP contribution in [0.5, 0.6) is 0 Å². The number of halogens is 1. The van der Waals surface area contributed by atoms with Gasteiger partial charge in [0.25, 0.3) is 0 Å². The fraction of sp³-hybridized carbons (Fsp3) is 0.444. The van der Waals surface area contributed by atoms with Gasteiger partial charge in [-0.3, -0.25) is 4.79 Å². The van der Waals surface area contributed by atoms with E-state index in [1.165, 1.54) is 23.9 Å². The highest BCUT2D eigenvalue weighted by Gasteiger charge is 2.10. The lowest BCUT2D eigenvalue weighted by atomic mass is 10.0. The highest BCUT2D eigenvalue weighted by Crippen LogP contribution is 2.21. The number of nitrogens with one attached hydrogen (secondary N) is 2. The highest BCUT2D eigenvalue weighted by atomic mass is 32.2. The van der Waals surface area contributed by atoms with Crippen LogP contribution >= 0.6 is 11.8 Å². The molecular formula is C18H24FN3OS. The summed E-state index contributed by atoms with van der Waals surface area (Å²) in [6.07, 6.45) is 3.79. The van der Waals surface area contributed by atoms with Crippen molar-refractivity contribution < 1.29 is 9.18 Å². The molecule has 4 nitrogen and oxygen atoms in total. The summed E-state index contributed by atoms with van der Waals surface area (Å²) >= 11 is 1.36. The van der Waals surface area contributed by atoms with Crippen LogP contribution in [0.3, 0.4) is 0 Å². The van der Waals surface area contributed by atoms with Gasteiger partial charge < -0.3 is 10.3 Å². The number of rotatable bonds is 8. The van der Waals surface area contributed by atoms with Gasteiger partial charge in [-0.2, -0.15) is 0 Å². The highest BCUT2D eigenvalue weighted by molar-refractivity contribution is 7.99. The van der Waals surface area contributed by atoms with E-state index in [2.05, 4.69) is 29.1 Å². The van der Waals surface area contributed by atoms with E-state index in [4.69, 9.17) is 0 Å². The lowest BCUT2D eigenvalue weighted by Gasteiger charge is -2.14. The minimum absolute atomic E-state index is 0.0102. The van der Waals surface area contributed by atoms with Gasteiger partial charge in [-0.05, 0) is 55.5 Å². The van der Waals surface area contributed by atoms with Crippen LogP contribution in [0.2, 0.25) is 0 Å². The maximum absolute atomic E-state index is 12.9. The number of imidazole rings is 1. The number of amides is 1. The minimum atomic E-state index is -0.267. The molecule has 0 fully saturated rings. The van der Waals surface area contributed by atoms with Gasteiger partial charge >= 0.3 is 0 Å². The second kappa shape index (κ2) is 8.87. The first kappa shape index (κ1) is 18.5. The number of carbonyl (C=O) groups excluding carboxylic acids is 1. The van der Waals surface area contributed by atoms with Crippen LogP contribution in [0, 0.1) is 11.7 Å². The number of benzene rings is 1. The van der Waals surface area contributed by atoms with Crippen LogP contribution in [0.1, 0.15) is 33.6 Å². The predicted octanol–water partition coefficient (Wildman–Crippen LogP) is 4.25. The fourth-order valence-corrected chi connectivity index (χ4v) is 2.92. The Morgan fingerprint density at radius 2 is 1.96 bits per heavy atom. The van der Waals surface area contributed by atoms with Gasteiger partial charge in [-0.1, -0.05) is 25.6 Å². The summed E-state index contributed by atoms with van der Waals surface area (Å²) in [6.45, 7) is 6.39. The molecule has 1 atom stereocenters. The molecule has 130 valence electrons. The van der Waals surface area contributed by atoms with E-state index < -0.39 is 0 Å². The Bertz CT molecular complexity index is 655. The van der Waals surface area contributed by atoms with Crippen molar-refractivity contribution in [1.82, 2.24) is 15.3 Å². The molecule has 1 heterocycles. The molecule has 0 aliphatic carbocycles. The topological polar surface area (TPSA) is 57.8 Å². The van der Waals surface area contributed by atoms with Gasteiger partial charge in [0.2, 0.25) is 5.91 Å². The van der Waals surface area contributed by atoms with E-state index in [0.29, 0.717) is 16.8 Å². The predicted molar refractivity (Wildman–Crippen MR) is 96.4 cm³/mol. The first-order chi connectivity index (χ1) is 11.4. The fourth-order valence-electron chi connectivity index (χ4n) is 2.26. The van der Waals surface area contributed by atoms with Gasteiger partial charge in [0.15, 0.2) is 5.16 Å². The summed E-state index contributed by atoms with van der Waals surface area (Å²) in [5.41, 5.74) is 1.67. The van der Waals surface area contributed by atoms with Crippen molar-refractivity contribution in [2.45, 2.75) is 44.8 Å². The number of nitrogens with zero attached hydrogens (tertiary/aromatic N) is 1. The Balaban J connectivity index is 1.80. The molecule has 0 aliphatic rings. The molecule has 2 rings (SSSR count). The second-order valence-corrected chi connectivity index (χ2v) is 7.30. The van der Waals surface area contributed by atoms with Gasteiger partial charge in [-0.25, -0.2) is 9.37 Å². The van der Waals surface area contributed by atoms with Crippen LogP contribution < -0.4 is 5.32 Å². The minimum Gasteiger partial charge on any atom is -0.353 e. The molecule has 2 N–H and O–H groups in total. The normalized spacial score (nSPS) is 12.4. The van der Waals surface area contributed by atoms with E-state index in [0.717, 1.165) is 24.1 Å². The van der Waals surface area contributed by atoms with Crippen molar-refractivity contribution in [3.63, 3.8) is 0 Å². The third kappa shape index (κ3) is 6.00. The van der Waals surface area contributed by atoms with Crippen molar-refractivity contribution in [1.29, 1.82) is 0 Å². The summed E-state index contributed by atoms with van der Waals surface area (Å²) < 4.78 is 12.9. The molecule has 0 saturated heterocycles. The van der Waals surface area contributed by atoms with Crippen molar-refractivity contribution in [3.05, 3.63) is 36.3 Å². The smallest absolute Gasteiger partial charge is 0.230 e. The van der Waals surface area contributed by atoms with Crippen molar-refractivity contribution in [2.75, 3.05) is 5.75 Å². The summed E-state index contributed by atoms with van der Waals surface area (Å²) in [5.74, 6) is 0.710. The zero-order valence-corrected chi connectivity index (χ0v) is 15.1. The lowest BCUT2D eigenvalue weighted by molar-refractivity contribution is -0.119. The quantitative estimate of drug-likeness (QED) is 0.701. The summed E-state index contributed by atoms with van der Waals surface area (Å²) in [6, 6.07) is 6.40. The molecule has 1 aromatic carbocycles. The maximum Gasteiger partial charge on any atom is 0.230 e.